The SMILES string of the molecule is CC(C)C(=O)Nc1nc2c(ncn2[C@H]2C[C@H](O)[C@@H](CO[P+](=O)O)O2)c(=O)[nH]1. The summed E-state index contributed by atoms with van der Waals surface area (Å²) in [6.07, 6.45) is -0.985. The van der Waals surface area contributed by atoms with E-state index < -0.39 is 32.2 Å². The van der Waals surface area contributed by atoms with Gasteiger partial charge in [0.15, 0.2) is 11.2 Å². The molecule has 2 aromatic heterocycles. The first-order valence-corrected chi connectivity index (χ1v) is 9.29. The van der Waals surface area contributed by atoms with Crippen molar-refractivity contribution in [1.29, 1.82) is 0 Å². The standard InChI is InChI=1S/C14H18N5O7P/c1-6(2)12(21)17-14-16-11-10(13(22)18-14)15-5-19(11)9-3-7(20)8(26-9)4-25-27(23)24/h5-9,20H,3-4H2,1-2H3,(H2-,16,17,18,21,22,23,24)/p+1/t7-,8+,9+/m0/s1. The first-order valence-electron chi connectivity index (χ1n) is 8.16. The van der Waals surface area contributed by atoms with Crippen molar-refractivity contribution in [3.63, 3.8) is 0 Å². The van der Waals surface area contributed by atoms with Gasteiger partial charge < -0.3 is 9.84 Å². The summed E-state index contributed by atoms with van der Waals surface area (Å²) in [6.45, 7) is 3.14. The number of nitrogens with one attached hydrogen (secondary N) is 2. The summed E-state index contributed by atoms with van der Waals surface area (Å²) < 4.78 is 22.3. The van der Waals surface area contributed by atoms with Crippen LogP contribution in [0.1, 0.15) is 26.5 Å². The number of anilines is 1. The highest BCUT2D eigenvalue weighted by atomic mass is 31.1. The number of aliphatic hydroxyl groups is 1. The summed E-state index contributed by atoms with van der Waals surface area (Å²) in [5.74, 6) is -0.641. The Morgan fingerprint density at radius 2 is 2.33 bits per heavy atom. The lowest BCUT2D eigenvalue weighted by Gasteiger charge is -2.14. The molecule has 4 atom stereocenters. The van der Waals surface area contributed by atoms with Crippen LogP contribution in [-0.2, 0) is 18.6 Å². The van der Waals surface area contributed by atoms with Crippen LogP contribution in [-0.4, -0.2) is 54.2 Å². The topological polar surface area (TPSA) is 169 Å². The minimum atomic E-state index is -2.80. The molecule has 12 nitrogen and oxygen atoms in total. The van der Waals surface area contributed by atoms with Gasteiger partial charge in [0.25, 0.3) is 5.56 Å². The van der Waals surface area contributed by atoms with E-state index in [-0.39, 0.29) is 42.0 Å². The normalized spacial score (nSPS) is 23.1. The molecule has 1 unspecified atom stereocenters. The number of amides is 1. The van der Waals surface area contributed by atoms with Crippen LogP contribution in [0.25, 0.3) is 11.2 Å². The van der Waals surface area contributed by atoms with Crippen molar-refractivity contribution < 1.29 is 28.6 Å². The second-order valence-electron chi connectivity index (χ2n) is 6.35. The third-order valence-electron chi connectivity index (χ3n) is 4.06. The minimum absolute atomic E-state index is 0.0244. The molecule has 0 aromatic carbocycles. The molecule has 27 heavy (non-hydrogen) atoms. The van der Waals surface area contributed by atoms with Crippen LogP contribution in [0.15, 0.2) is 11.1 Å². The fourth-order valence-electron chi connectivity index (χ4n) is 2.63. The number of carbonyl (C=O) groups is 1. The van der Waals surface area contributed by atoms with Crippen molar-refractivity contribution in [2.75, 3.05) is 11.9 Å². The zero-order valence-electron chi connectivity index (χ0n) is 14.5. The van der Waals surface area contributed by atoms with Gasteiger partial charge in [-0.2, -0.15) is 4.98 Å². The maximum Gasteiger partial charge on any atom is 0.694 e. The van der Waals surface area contributed by atoms with Crippen molar-refractivity contribution >= 4 is 31.3 Å². The predicted octanol–water partition coefficient (Wildman–Crippen LogP) is 0.0288. The molecule has 3 heterocycles. The zero-order valence-corrected chi connectivity index (χ0v) is 15.4. The second-order valence-corrected chi connectivity index (χ2v) is 7.08. The monoisotopic (exact) mass is 400 g/mol. The second kappa shape index (κ2) is 7.79. The first kappa shape index (κ1) is 19.5. The van der Waals surface area contributed by atoms with E-state index in [1.807, 2.05) is 0 Å². The molecule has 0 bridgehead atoms. The molecule has 13 heteroatoms. The minimum Gasteiger partial charge on any atom is -0.390 e. The summed E-state index contributed by atoms with van der Waals surface area (Å²) >= 11 is 0. The fourth-order valence-corrected chi connectivity index (χ4v) is 2.90. The van der Waals surface area contributed by atoms with Crippen LogP contribution in [0.2, 0.25) is 0 Å². The van der Waals surface area contributed by atoms with E-state index in [0.717, 1.165) is 0 Å². The number of hydrogen-bond acceptors (Lipinski definition) is 8. The van der Waals surface area contributed by atoms with E-state index in [9.17, 15) is 19.3 Å². The number of imidazole rings is 1. The Labute approximate surface area is 153 Å². The van der Waals surface area contributed by atoms with Gasteiger partial charge in [-0.05, 0) is 0 Å². The predicted molar refractivity (Wildman–Crippen MR) is 91.9 cm³/mol. The van der Waals surface area contributed by atoms with Gasteiger partial charge in [0, 0.05) is 16.9 Å². The lowest BCUT2D eigenvalue weighted by molar-refractivity contribution is -0.118. The van der Waals surface area contributed by atoms with Crippen LogP contribution >= 0.6 is 8.25 Å². The van der Waals surface area contributed by atoms with Crippen molar-refractivity contribution in [2.24, 2.45) is 5.92 Å². The molecule has 0 saturated carbocycles. The number of hydrogen-bond donors (Lipinski definition) is 4. The molecule has 2 aromatic rings. The third-order valence-corrected chi connectivity index (χ3v) is 4.43. The van der Waals surface area contributed by atoms with Gasteiger partial charge in [-0.15, -0.1) is 9.42 Å². The quantitative estimate of drug-likeness (QED) is 0.489. The van der Waals surface area contributed by atoms with Crippen molar-refractivity contribution in [3.8, 4) is 0 Å². The maximum absolute atomic E-state index is 12.2. The number of rotatable bonds is 6. The Bertz CT molecular complexity index is 926. The first-order chi connectivity index (χ1) is 12.8. The average molecular weight is 400 g/mol. The van der Waals surface area contributed by atoms with E-state index in [0.29, 0.717) is 0 Å². The molecule has 4 N–H and O–H groups in total. The summed E-state index contributed by atoms with van der Waals surface area (Å²) in [5, 5.41) is 12.6. The average Bonchev–Trinajstić information content (AvgIpc) is 3.16. The molecular formula is C14H19N5O7P+. The van der Waals surface area contributed by atoms with Crippen LogP contribution in [0, 0.1) is 5.92 Å². The van der Waals surface area contributed by atoms with E-state index >= 15 is 0 Å². The lowest BCUT2D eigenvalue weighted by atomic mass is 10.2. The molecule has 0 radical (unpaired) electrons. The van der Waals surface area contributed by atoms with Gasteiger partial charge in [-0.25, -0.2) is 4.98 Å². The van der Waals surface area contributed by atoms with Gasteiger partial charge in [-0.1, -0.05) is 13.8 Å². The molecule has 1 fully saturated rings. The molecule has 0 aliphatic carbocycles. The summed E-state index contributed by atoms with van der Waals surface area (Å²) in [4.78, 5) is 43.4. The molecule has 3 rings (SSSR count). The Hall–Kier alpha value is -2.24. The number of carbonyl (C=O) groups excluding carboxylic acids is 1. The van der Waals surface area contributed by atoms with Crippen LogP contribution < -0.4 is 10.9 Å². The van der Waals surface area contributed by atoms with E-state index in [1.165, 1.54) is 10.9 Å². The number of ether oxygens (including phenoxy) is 1. The Balaban J connectivity index is 1.87. The molecule has 146 valence electrons. The smallest absolute Gasteiger partial charge is 0.390 e. The van der Waals surface area contributed by atoms with E-state index in [2.05, 4.69) is 24.8 Å². The lowest BCUT2D eigenvalue weighted by Crippen LogP contribution is -2.25. The largest absolute Gasteiger partial charge is 0.694 e. The summed E-state index contributed by atoms with van der Waals surface area (Å²) in [7, 11) is -2.80. The number of aromatic amines is 1. The number of fused-ring (bicyclic) bond motifs is 1. The highest BCUT2D eigenvalue weighted by Crippen LogP contribution is 2.32. The van der Waals surface area contributed by atoms with E-state index in [4.69, 9.17) is 9.63 Å². The summed E-state index contributed by atoms with van der Waals surface area (Å²) in [6, 6.07) is 0. The van der Waals surface area contributed by atoms with Gasteiger partial charge in [0.2, 0.25) is 11.9 Å². The Kier molecular flexibility index (Phi) is 5.63. The molecular weight excluding hydrogens is 381 g/mol. The Morgan fingerprint density at radius 3 is 3.00 bits per heavy atom. The van der Waals surface area contributed by atoms with Crippen LogP contribution in [0.4, 0.5) is 5.95 Å². The molecule has 0 spiro atoms. The molecule has 1 aliphatic rings. The van der Waals surface area contributed by atoms with E-state index in [1.54, 1.807) is 13.8 Å². The molecule has 1 aliphatic heterocycles. The van der Waals surface area contributed by atoms with Crippen molar-refractivity contribution in [3.05, 3.63) is 16.7 Å². The number of nitrogens with zero attached hydrogens (tertiary/aromatic N) is 3. The van der Waals surface area contributed by atoms with Crippen LogP contribution in [0.3, 0.4) is 0 Å². The maximum atomic E-state index is 12.2. The number of aromatic nitrogens is 4. The highest BCUT2D eigenvalue weighted by Gasteiger charge is 2.38. The molecule has 1 saturated heterocycles. The highest BCUT2D eigenvalue weighted by molar-refractivity contribution is 7.32. The molecule has 1 amide bonds. The third kappa shape index (κ3) is 4.20. The summed E-state index contributed by atoms with van der Waals surface area (Å²) in [5.41, 5.74) is -0.313. The van der Waals surface area contributed by atoms with Gasteiger partial charge in [0.05, 0.1) is 12.4 Å². The van der Waals surface area contributed by atoms with Gasteiger partial charge in [-0.3, -0.25) is 24.5 Å². The van der Waals surface area contributed by atoms with Crippen LogP contribution in [0.5, 0.6) is 0 Å². The van der Waals surface area contributed by atoms with Crippen molar-refractivity contribution in [2.45, 2.75) is 38.7 Å². The Morgan fingerprint density at radius 1 is 1.59 bits per heavy atom. The van der Waals surface area contributed by atoms with Gasteiger partial charge in [0.1, 0.15) is 18.9 Å². The fraction of sp³-hybridized carbons (Fsp3) is 0.571. The zero-order chi connectivity index (χ0) is 19.7. The van der Waals surface area contributed by atoms with Gasteiger partial charge >= 0.3 is 8.25 Å². The number of H-pyrrole nitrogens is 1. The number of aliphatic hydroxyl groups excluding tert-OH is 1. The van der Waals surface area contributed by atoms with Crippen molar-refractivity contribution in [1.82, 2.24) is 19.5 Å².